The van der Waals surface area contributed by atoms with Gasteiger partial charge in [0.1, 0.15) is 5.75 Å². The number of phenolic OH excluding ortho intramolecular Hbond substituents is 1. The van der Waals surface area contributed by atoms with Crippen LogP contribution in [-0.2, 0) is 17.2 Å². The van der Waals surface area contributed by atoms with Gasteiger partial charge in [-0.25, -0.2) is 0 Å². The summed E-state index contributed by atoms with van der Waals surface area (Å²) in [4.78, 5) is 0. The molecule has 0 fully saturated rings. The Bertz CT molecular complexity index is 434. The van der Waals surface area contributed by atoms with E-state index in [1.807, 2.05) is 19.1 Å². The first-order valence-corrected chi connectivity index (χ1v) is 8.09. The number of aromatic hydroxyl groups is 1. The highest BCUT2D eigenvalue weighted by molar-refractivity contribution is 7.84. The third-order valence-corrected chi connectivity index (χ3v) is 4.79. The standard InChI is InChI=1S/C14H21NO2S/c1-2-18(17)9-8-15-14-5-3-4-11-6-7-12(16)10-13(11)14/h6-7,10,14-16H,2-5,8-9H2,1H3. The molecule has 0 aliphatic heterocycles. The predicted molar refractivity (Wildman–Crippen MR) is 75.3 cm³/mol. The van der Waals surface area contributed by atoms with Crippen molar-refractivity contribution >= 4 is 10.8 Å². The van der Waals surface area contributed by atoms with Gasteiger partial charge in [0, 0.05) is 34.9 Å². The van der Waals surface area contributed by atoms with E-state index in [0.717, 1.165) is 25.1 Å². The number of hydrogen-bond acceptors (Lipinski definition) is 3. The van der Waals surface area contributed by atoms with Crippen molar-refractivity contribution in [3.8, 4) is 5.75 Å². The molecule has 100 valence electrons. The van der Waals surface area contributed by atoms with Gasteiger partial charge in [-0.05, 0) is 42.5 Å². The summed E-state index contributed by atoms with van der Waals surface area (Å²) in [5, 5.41) is 13.0. The number of rotatable bonds is 5. The number of nitrogens with one attached hydrogen (secondary N) is 1. The molecule has 0 saturated carbocycles. The van der Waals surface area contributed by atoms with E-state index in [9.17, 15) is 9.32 Å². The molecule has 2 atom stereocenters. The highest BCUT2D eigenvalue weighted by atomic mass is 32.2. The zero-order chi connectivity index (χ0) is 13.0. The van der Waals surface area contributed by atoms with Crippen molar-refractivity contribution in [1.82, 2.24) is 5.32 Å². The molecule has 0 spiro atoms. The summed E-state index contributed by atoms with van der Waals surface area (Å²) in [5.41, 5.74) is 2.54. The molecule has 0 amide bonds. The van der Waals surface area contributed by atoms with Gasteiger partial charge >= 0.3 is 0 Å². The molecule has 2 rings (SSSR count). The molecule has 18 heavy (non-hydrogen) atoms. The third-order valence-electron chi connectivity index (χ3n) is 3.49. The summed E-state index contributed by atoms with van der Waals surface area (Å²) in [6, 6.07) is 5.94. The maximum atomic E-state index is 11.4. The number of hydrogen-bond donors (Lipinski definition) is 2. The highest BCUT2D eigenvalue weighted by Gasteiger charge is 2.19. The molecule has 0 bridgehead atoms. The van der Waals surface area contributed by atoms with Crippen LogP contribution in [0.3, 0.4) is 0 Å². The number of aryl methyl sites for hydroxylation is 1. The second kappa shape index (κ2) is 6.34. The molecule has 4 heteroatoms. The second-order valence-corrected chi connectivity index (χ2v) is 6.58. The summed E-state index contributed by atoms with van der Waals surface area (Å²) < 4.78 is 11.4. The molecule has 3 nitrogen and oxygen atoms in total. The Kier molecular flexibility index (Phi) is 4.78. The van der Waals surface area contributed by atoms with Gasteiger partial charge in [0.05, 0.1) is 0 Å². The van der Waals surface area contributed by atoms with Crippen molar-refractivity contribution in [3.05, 3.63) is 29.3 Å². The summed E-state index contributed by atoms with van der Waals surface area (Å²) >= 11 is 0. The molecule has 2 unspecified atom stereocenters. The van der Waals surface area contributed by atoms with Crippen LogP contribution in [0.25, 0.3) is 0 Å². The van der Waals surface area contributed by atoms with Crippen LogP contribution < -0.4 is 5.32 Å². The first-order valence-electron chi connectivity index (χ1n) is 6.61. The van der Waals surface area contributed by atoms with Crippen LogP contribution in [0, 0.1) is 0 Å². The molecule has 0 radical (unpaired) electrons. The third kappa shape index (κ3) is 3.33. The molecule has 2 N–H and O–H groups in total. The largest absolute Gasteiger partial charge is 0.508 e. The van der Waals surface area contributed by atoms with E-state index in [-0.39, 0.29) is 0 Å². The normalized spacial score (nSPS) is 20.4. The van der Waals surface area contributed by atoms with E-state index in [0.29, 0.717) is 17.5 Å². The average Bonchev–Trinajstić information content (AvgIpc) is 2.39. The predicted octanol–water partition coefficient (Wildman–Crippen LogP) is 2.13. The molecular weight excluding hydrogens is 246 g/mol. The quantitative estimate of drug-likeness (QED) is 0.859. The number of phenols is 1. The van der Waals surface area contributed by atoms with E-state index in [4.69, 9.17) is 0 Å². The topological polar surface area (TPSA) is 49.3 Å². The first kappa shape index (κ1) is 13.6. The van der Waals surface area contributed by atoms with Crippen molar-refractivity contribution in [2.75, 3.05) is 18.1 Å². The molecule has 1 aliphatic rings. The van der Waals surface area contributed by atoms with E-state index < -0.39 is 10.8 Å². The van der Waals surface area contributed by atoms with E-state index in [1.54, 1.807) is 6.07 Å². The van der Waals surface area contributed by atoms with Crippen molar-refractivity contribution in [2.24, 2.45) is 0 Å². The van der Waals surface area contributed by atoms with Crippen LogP contribution in [0.4, 0.5) is 0 Å². The summed E-state index contributed by atoms with van der Waals surface area (Å²) in [5.74, 6) is 1.77. The second-order valence-electron chi connectivity index (χ2n) is 4.71. The van der Waals surface area contributed by atoms with Crippen molar-refractivity contribution in [3.63, 3.8) is 0 Å². The van der Waals surface area contributed by atoms with E-state index in [2.05, 4.69) is 5.32 Å². The maximum Gasteiger partial charge on any atom is 0.115 e. The fourth-order valence-electron chi connectivity index (χ4n) is 2.49. The lowest BCUT2D eigenvalue weighted by molar-refractivity contribution is 0.453. The summed E-state index contributed by atoms with van der Waals surface area (Å²) in [7, 11) is -0.705. The van der Waals surface area contributed by atoms with Crippen molar-refractivity contribution < 1.29 is 9.32 Å². The Morgan fingerprint density at radius 2 is 2.33 bits per heavy atom. The Labute approximate surface area is 111 Å². The Morgan fingerprint density at radius 1 is 1.50 bits per heavy atom. The fraction of sp³-hybridized carbons (Fsp3) is 0.571. The molecule has 1 aromatic rings. The van der Waals surface area contributed by atoms with Gasteiger partial charge in [0.2, 0.25) is 0 Å². The Balaban J connectivity index is 1.99. The highest BCUT2D eigenvalue weighted by Crippen LogP contribution is 2.31. The van der Waals surface area contributed by atoms with Crippen LogP contribution >= 0.6 is 0 Å². The van der Waals surface area contributed by atoms with Crippen molar-refractivity contribution in [1.29, 1.82) is 0 Å². The van der Waals surface area contributed by atoms with Crippen LogP contribution in [-0.4, -0.2) is 27.4 Å². The van der Waals surface area contributed by atoms with Crippen LogP contribution in [0.15, 0.2) is 18.2 Å². The van der Waals surface area contributed by atoms with Gasteiger partial charge in [0.25, 0.3) is 0 Å². The SMILES string of the molecule is CCS(=O)CCNC1CCCc2ccc(O)cc21. The number of fused-ring (bicyclic) bond motifs is 1. The van der Waals surface area contributed by atoms with E-state index >= 15 is 0 Å². The maximum absolute atomic E-state index is 11.4. The van der Waals surface area contributed by atoms with Crippen LogP contribution in [0.5, 0.6) is 5.75 Å². The van der Waals surface area contributed by atoms with Gasteiger partial charge in [0.15, 0.2) is 0 Å². The summed E-state index contributed by atoms with van der Waals surface area (Å²) in [6.07, 6.45) is 3.36. The number of benzene rings is 1. The Morgan fingerprint density at radius 3 is 3.11 bits per heavy atom. The van der Waals surface area contributed by atoms with Gasteiger partial charge < -0.3 is 10.4 Å². The van der Waals surface area contributed by atoms with Crippen molar-refractivity contribution in [2.45, 2.75) is 32.2 Å². The smallest absolute Gasteiger partial charge is 0.115 e. The van der Waals surface area contributed by atoms with Gasteiger partial charge in [-0.3, -0.25) is 4.21 Å². The van der Waals surface area contributed by atoms with Crippen LogP contribution in [0.1, 0.15) is 36.9 Å². The zero-order valence-corrected chi connectivity index (χ0v) is 11.6. The minimum atomic E-state index is -0.705. The molecule has 0 saturated heterocycles. The molecule has 0 aromatic heterocycles. The minimum Gasteiger partial charge on any atom is -0.508 e. The first-order chi connectivity index (χ1) is 8.70. The summed E-state index contributed by atoms with van der Waals surface area (Å²) in [6.45, 7) is 2.73. The van der Waals surface area contributed by atoms with Gasteiger partial charge in [-0.15, -0.1) is 0 Å². The fourth-order valence-corrected chi connectivity index (χ4v) is 3.12. The Hall–Kier alpha value is -0.870. The lowest BCUT2D eigenvalue weighted by Gasteiger charge is -2.26. The molecular formula is C14H21NO2S. The van der Waals surface area contributed by atoms with Gasteiger partial charge in [-0.2, -0.15) is 0 Å². The minimum absolute atomic E-state index is 0.301. The lowest BCUT2D eigenvalue weighted by atomic mass is 9.87. The molecule has 1 aromatic carbocycles. The monoisotopic (exact) mass is 267 g/mol. The molecule has 0 heterocycles. The lowest BCUT2D eigenvalue weighted by Crippen LogP contribution is -2.28. The molecule has 1 aliphatic carbocycles. The van der Waals surface area contributed by atoms with Gasteiger partial charge in [-0.1, -0.05) is 13.0 Å². The zero-order valence-electron chi connectivity index (χ0n) is 10.8. The average molecular weight is 267 g/mol. The van der Waals surface area contributed by atoms with E-state index in [1.165, 1.54) is 17.5 Å². The van der Waals surface area contributed by atoms with Crippen LogP contribution in [0.2, 0.25) is 0 Å².